The molecule has 1 aliphatic heterocycles. The molecule has 1 saturated heterocycles. The Balaban J connectivity index is 2.62. The molecule has 1 unspecified atom stereocenters. The molecular formula is C12H25N3O. The Bertz CT molecular complexity index is 230. The average molecular weight is 227 g/mol. The topological polar surface area (TPSA) is 49.6 Å². The Kier molecular flexibility index (Phi) is 5.22. The molecule has 4 heteroatoms. The Morgan fingerprint density at radius 3 is 2.69 bits per heavy atom. The Morgan fingerprint density at radius 2 is 2.12 bits per heavy atom. The van der Waals surface area contributed by atoms with Gasteiger partial charge >= 0.3 is 0 Å². The van der Waals surface area contributed by atoms with E-state index in [4.69, 9.17) is 5.73 Å². The van der Waals surface area contributed by atoms with Crippen molar-refractivity contribution in [2.45, 2.75) is 32.7 Å². The first-order valence-electron chi connectivity index (χ1n) is 6.25. The summed E-state index contributed by atoms with van der Waals surface area (Å²) in [6, 6.07) is -0.105. The second-order valence-electron chi connectivity index (χ2n) is 5.08. The summed E-state index contributed by atoms with van der Waals surface area (Å²) in [7, 11) is 1.87. The zero-order valence-corrected chi connectivity index (χ0v) is 10.8. The maximum atomic E-state index is 12.0. The third kappa shape index (κ3) is 3.46. The number of rotatable bonds is 4. The van der Waals surface area contributed by atoms with Crippen LogP contribution < -0.4 is 5.73 Å². The van der Waals surface area contributed by atoms with Crippen LogP contribution in [0, 0.1) is 5.92 Å². The van der Waals surface area contributed by atoms with E-state index >= 15 is 0 Å². The minimum Gasteiger partial charge on any atom is -0.344 e. The predicted octanol–water partition coefficient (Wildman–Crippen LogP) is 0.524. The largest absolute Gasteiger partial charge is 0.344 e. The Hall–Kier alpha value is -0.610. The maximum Gasteiger partial charge on any atom is 0.240 e. The van der Waals surface area contributed by atoms with Crippen molar-refractivity contribution in [3.63, 3.8) is 0 Å². The normalized spacial score (nSPS) is 23.9. The zero-order valence-electron chi connectivity index (χ0n) is 10.8. The van der Waals surface area contributed by atoms with Gasteiger partial charge in [-0.15, -0.1) is 0 Å². The van der Waals surface area contributed by atoms with Gasteiger partial charge in [-0.2, -0.15) is 0 Å². The standard InChI is InChI=1S/C12H25N3O/c1-10(2)5-8-15-7-4-6-14(3)12(16)11(15)9-13/h10-11H,4-9,13H2,1-3H3. The van der Waals surface area contributed by atoms with Crippen molar-refractivity contribution in [1.82, 2.24) is 9.80 Å². The molecule has 94 valence electrons. The van der Waals surface area contributed by atoms with Crippen LogP contribution in [0.15, 0.2) is 0 Å². The number of likely N-dealkylation sites (N-methyl/N-ethyl adjacent to an activating group) is 1. The molecule has 1 aliphatic rings. The highest BCUT2D eigenvalue weighted by molar-refractivity contribution is 5.82. The van der Waals surface area contributed by atoms with Crippen molar-refractivity contribution in [1.29, 1.82) is 0 Å². The van der Waals surface area contributed by atoms with E-state index < -0.39 is 0 Å². The maximum absolute atomic E-state index is 12.0. The molecule has 0 aromatic heterocycles. The second kappa shape index (κ2) is 6.21. The van der Waals surface area contributed by atoms with E-state index in [9.17, 15) is 4.79 Å². The molecule has 0 aromatic rings. The molecule has 4 nitrogen and oxygen atoms in total. The van der Waals surface area contributed by atoms with E-state index in [-0.39, 0.29) is 11.9 Å². The highest BCUT2D eigenvalue weighted by atomic mass is 16.2. The van der Waals surface area contributed by atoms with Crippen molar-refractivity contribution in [3.8, 4) is 0 Å². The fourth-order valence-corrected chi connectivity index (χ4v) is 2.13. The van der Waals surface area contributed by atoms with Crippen LogP contribution in [0.1, 0.15) is 26.7 Å². The average Bonchev–Trinajstić information content (AvgIpc) is 2.37. The van der Waals surface area contributed by atoms with Crippen LogP contribution in [0.5, 0.6) is 0 Å². The number of carbonyl (C=O) groups excluding carboxylic acids is 1. The molecule has 16 heavy (non-hydrogen) atoms. The summed E-state index contributed by atoms with van der Waals surface area (Å²) in [4.78, 5) is 16.1. The molecule has 0 spiro atoms. The van der Waals surface area contributed by atoms with Crippen molar-refractivity contribution in [2.75, 3.05) is 33.2 Å². The molecule has 1 heterocycles. The van der Waals surface area contributed by atoms with Gasteiger partial charge in [0.05, 0.1) is 0 Å². The molecule has 2 N–H and O–H groups in total. The van der Waals surface area contributed by atoms with Crippen LogP contribution in [0.2, 0.25) is 0 Å². The summed E-state index contributed by atoms with van der Waals surface area (Å²) in [6.07, 6.45) is 2.18. The van der Waals surface area contributed by atoms with Gasteiger partial charge in [-0.1, -0.05) is 13.8 Å². The summed E-state index contributed by atoms with van der Waals surface area (Å²) < 4.78 is 0. The lowest BCUT2D eigenvalue weighted by Gasteiger charge is -2.29. The fraction of sp³-hybridized carbons (Fsp3) is 0.917. The number of nitrogens with two attached hydrogens (primary N) is 1. The van der Waals surface area contributed by atoms with Crippen molar-refractivity contribution in [3.05, 3.63) is 0 Å². The highest BCUT2D eigenvalue weighted by Gasteiger charge is 2.29. The molecular weight excluding hydrogens is 202 g/mol. The number of hydrogen-bond acceptors (Lipinski definition) is 3. The summed E-state index contributed by atoms with van der Waals surface area (Å²) >= 11 is 0. The molecule has 1 amide bonds. The van der Waals surface area contributed by atoms with Crippen LogP contribution >= 0.6 is 0 Å². The molecule has 0 bridgehead atoms. The first-order chi connectivity index (χ1) is 7.56. The summed E-state index contributed by atoms with van der Waals surface area (Å²) in [6.45, 7) is 7.69. The number of carbonyl (C=O) groups is 1. The third-order valence-corrected chi connectivity index (χ3v) is 3.26. The number of hydrogen-bond donors (Lipinski definition) is 1. The summed E-state index contributed by atoms with van der Waals surface area (Å²) in [5.41, 5.74) is 5.73. The van der Waals surface area contributed by atoms with Gasteiger partial charge in [0.1, 0.15) is 6.04 Å². The smallest absolute Gasteiger partial charge is 0.240 e. The van der Waals surface area contributed by atoms with E-state index in [1.54, 1.807) is 0 Å². The van der Waals surface area contributed by atoms with E-state index in [2.05, 4.69) is 18.7 Å². The van der Waals surface area contributed by atoms with Gasteiger partial charge in [0.25, 0.3) is 0 Å². The van der Waals surface area contributed by atoms with Crippen LogP contribution in [0.25, 0.3) is 0 Å². The minimum atomic E-state index is -0.105. The van der Waals surface area contributed by atoms with Gasteiger partial charge in [-0.3, -0.25) is 9.69 Å². The second-order valence-corrected chi connectivity index (χ2v) is 5.08. The lowest BCUT2D eigenvalue weighted by Crippen LogP contribution is -2.49. The van der Waals surface area contributed by atoms with Gasteiger partial charge in [0.15, 0.2) is 0 Å². The van der Waals surface area contributed by atoms with E-state index in [0.717, 1.165) is 32.5 Å². The van der Waals surface area contributed by atoms with Gasteiger partial charge in [-0.25, -0.2) is 0 Å². The minimum absolute atomic E-state index is 0.105. The van der Waals surface area contributed by atoms with Crippen molar-refractivity contribution in [2.24, 2.45) is 11.7 Å². The quantitative estimate of drug-likeness (QED) is 0.762. The van der Waals surface area contributed by atoms with Gasteiger partial charge in [0, 0.05) is 26.7 Å². The molecule has 1 atom stereocenters. The monoisotopic (exact) mass is 227 g/mol. The molecule has 0 radical (unpaired) electrons. The molecule has 0 aromatic carbocycles. The van der Waals surface area contributed by atoms with Gasteiger partial charge in [0.2, 0.25) is 5.91 Å². The predicted molar refractivity (Wildman–Crippen MR) is 66.1 cm³/mol. The van der Waals surface area contributed by atoms with Crippen molar-refractivity contribution < 1.29 is 4.79 Å². The SMILES string of the molecule is CC(C)CCN1CCCN(C)C(=O)C1CN. The molecule has 0 saturated carbocycles. The van der Waals surface area contributed by atoms with Crippen LogP contribution in [-0.4, -0.2) is 55.0 Å². The zero-order chi connectivity index (χ0) is 12.1. The Morgan fingerprint density at radius 1 is 1.44 bits per heavy atom. The summed E-state index contributed by atoms with van der Waals surface area (Å²) in [5, 5.41) is 0. The van der Waals surface area contributed by atoms with Crippen LogP contribution in [0.4, 0.5) is 0 Å². The van der Waals surface area contributed by atoms with Gasteiger partial charge < -0.3 is 10.6 Å². The van der Waals surface area contributed by atoms with Gasteiger partial charge in [-0.05, 0) is 25.3 Å². The van der Waals surface area contributed by atoms with Crippen LogP contribution in [0.3, 0.4) is 0 Å². The third-order valence-electron chi connectivity index (χ3n) is 3.26. The Labute approximate surface area is 98.8 Å². The lowest BCUT2D eigenvalue weighted by molar-refractivity contribution is -0.133. The number of amides is 1. The number of nitrogens with zero attached hydrogens (tertiary/aromatic N) is 2. The van der Waals surface area contributed by atoms with E-state index in [1.807, 2.05) is 11.9 Å². The summed E-state index contributed by atoms with van der Waals surface area (Å²) in [5.74, 6) is 0.860. The molecule has 0 aliphatic carbocycles. The molecule has 1 fully saturated rings. The highest BCUT2D eigenvalue weighted by Crippen LogP contribution is 2.12. The molecule has 1 rings (SSSR count). The first-order valence-corrected chi connectivity index (χ1v) is 6.25. The van der Waals surface area contributed by atoms with Crippen LogP contribution in [-0.2, 0) is 4.79 Å². The van der Waals surface area contributed by atoms with E-state index in [0.29, 0.717) is 12.5 Å². The van der Waals surface area contributed by atoms with Crippen molar-refractivity contribution >= 4 is 5.91 Å². The van der Waals surface area contributed by atoms with E-state index in [1.165, 1.54) is 0 Å². The fourth-order valence-electron chi connectivity index (χ4n) is 2.13. The first kappa shape index (κ1) is 13.5. The lowest BCUT2D eigenvalue weighted by atomic mass is 10.1.